The minimum absolute atomic E-state index is 0.0829. The second-order valence-corrected chi connectivity index (χ2v) is 5.42. The number of nitrogens with zero attached hydrogens (tertiary/aromatic N) is 2. The maximum atomic E-state index is 12.2. The molecule has 7 nitrogen and oxygen atoms in total. The molecule has 0 spiro atoms. The maximum Gasteiger partial charge on any atom is 0.260 e. The van der Waals surface area contributed by atoms with E-state index in [9.17, 15) is 8.42 Å². The largest absolute Gasteiger partial charge is 0.383 e. The first-order valence-corrected chi connectivity index (χ1v) is 6.67. The zero-order chi connectivity index (χ0) is 12.9. The summed E-state index contributed by atoms with van der Waals surface area (Å²) in [6.07, 6.45) is 1.31. The Balaban J connectivity index is 2.91. The number of hydrogen-bond acceptors (Lipinski definition) is 5. The van der Waals surface area contributed by atoms with E-state index in [0.29, 0.717) is 12.4 Å². The maximum absolute atomic E-state index is 12.2. The summed E-state index contributed by atoms with van der Waals surface area (Å²) in [5.41, 5.74) is 5.41. The molecular weight excluding hydrogens is 244 g/mol. The minimum atomic E-state index is -3.56. The Kier molecular flexibility index (Phi) is 5.06. The van der Waals surface area contributed by atoms with E-state index in [2.05, 4.69) is 9.97 Å². The van der Waals surface area contributed by atoms with Crippen LogP contribution in [0.4, 0.5) is 0 Å². The van der Waals surface area contributed by atoms with E-state index in [4.69, 9.17) is 10.5 Å². The van der Waals surface area contributed by atoms with Crippen molar-refractivity contribution in [3.05, 3.63) is 12.0 Å². The Morgan fingerprint density at radius 2 is 2.24 bits per heavy atom. The van der Waals surface area contributed by atoms with E-state index in [1.54, 1.807) is 6.92 Å². The Labute approximate surface area is 101 Å². The van der Waals surface area contributed by atoms with E-state index in [-0.39, 0.29) is 24.7 Å². The molecule has 0 bridgehead atoms. The molecule has 0 aliphatic heterocycles. The Bertz CT molecular complexity index is 443. The standard InChI is InChI=1S/C9H18N4O3S/c1-8-11-7-9(12-8)17(14,15)13(4-3-10)5-6-16-2/h7H,3-6,10H2,1-2H3,(H,11,12). The first-order valence-electron chi connectivity index (χ1n) is 5.23. The van der Waals surface area contributed by atoms with Crippen molar-refractivity contribution >= 4 is 10.0 Å². The summed E-state index contributed by atoms with van der Waals surface area (Å²) < 4.78 is 30.5. The van der Waals surface area contributed by atoms with Crippen LogP contribution in [0, 0.1) is 6.92 Å². The molecule has 0 aliphatic carbocycles. The quantitative estimate of drug-likeness (QED) is 0.677. The molecule has 17 heavy (non-hydrogen) atoms. The van der Waals surface area contributed by atoms with Gasteiger partial charge in [-0.05, 0) is 6.92 Å². The Morgan fingerprint density at radius 1 is 1.53 bits per heavy atom. The molecular formula is C9H18N4O3S. The lowest BCUT2D eigenvalue weighted by Gasteiger charge is -2.19. The van der Waals surface area contributed by atoms with Crippen molar-refractivity contribution in [3.63, 3.8) is 0 Å². The van der Waals surface area contributed by atoms with E-state index in [0.717, 1.165) is 0 Å². The lowest BCUT2D eigenvalue weighted by Crippen LogP contribution is -2.37. The zero-order valence-electron chi connectivity index (χ0n) is 10.0. The van der Waals surface area contributed by atoms with Gasteiger partial charge >= 0.3 is 0 Å². The van der Waals surface area contributed by atoms with Crippen molar-refractivity contribution in [2.75, 3.05) is 33.4 Å². The normalized spacial score (nSPS) is 12.2. The van der Waals surface area contributed by atoms with Gasteiger partial charge in [0.05, 0.1) is 12.8 Å². The number of ether oxygens (including phenoxy) is 1. The smallest absolute Gasteiger partial charge is 0.260 e. The summed E-state index contributed by atoms with van der Waals surface area (Å²) >= 11 is 0. The fourth-order valence-corrected chi connectivity index (χ4v) is 2.76. The van der Waals surface area contributed by atoms with Crippen LogP contribution < -0.4 is 5.73 Å². The van der Waals surface area contributed by atoms with E-state index in [1.807, 2.05) is 0 Å². The van der Waals surface area contributed by atoms with E-state index in [1.165, 1.54) is 17.6 Å². The number of aromatic nitrogens is 2. The van der Waals surface area contributed by atoms with Gasteiger partial charge in [-0.15, -0.1) is 0 Å². The first kappa shape index (κ1) is 14.1. The zero-order valence-corrected chi connectivity index (χ0v) is 10.8. The van der Waals surface area contributed by atoms with Crippen LogP contribution in [0.15, 0.2) is 11.2 Å². The molecule has 0 aliphatic rings. The first-order chi connectivity index (χ1) is 8.02. The second kappa shape index (κ2) is 6.10. The number of nitrogens with one attached hydrogen (secondary N) is 1. The molecule has 8 heteroatoms. The summed E-state index contributed by atoms with van der Waals surface area (Å²) in [7, 11) is -2.04. The van der Waals surface area contributed by atoms with Crippen molar-refractivity contribution in [3.8, 4) is 0 Å². The number of hydrogen-bond donors (Lipinski definition) is 2. The molecule has 1 aromatic rings. The fraction of sp³-hybridized carbons (Fsp3) is 0.667. The molecule has 0 aromatic carbocycles. The van der Waals surface area contributed by atoms with Gasteiger partial charge in [0.25, 0.3) is 10.0 Å². The van der Waals surface area contributed by atoms with Crippen LogP contribution in [-0.2, 0) is 14.8 Å². The van der Waals surface area contributed by atoms with Crippen LogP contribution in [0.1, 0.15) is 5.82 Å². The van der Waals surface area contributed by atoms with Gasteiger partial charge in [0, 0.05) is 26.7 Å². The van der Waals surface area contributed by atoms with Crippen LogP contribution in [0.2, 0.25) is 0 Å². The highest BCUT2D eigenvalue weighted by Crippen LogP contribution is 2.12. The summed E-state index contributed by atoms with van der Waals surface area (Å²) in [4.78, 5) is 6.59. The predicted molar refractivity (Wildman–Crippen MR) is 63.0 cm³/mol. The average molecular weight is 262 g/mol. The van der Waals surface area contributed by atoms with Gasteiger partial charge in [-0.2, -0.15) is 4.31 Å². The predicted octanol–water partition coefficient (Wildman–Crippen LogP) is -0.686. The number of rotatable bonds is 7. The van der Waals surface area contributed by atoms with Gasteiger partial charge in [-0.3, -0.25) is 0 Å². The summed E-state index contributed by atoms with van der Waals surface area (Å²) in [6.45, 7) is 2.81. The fourth-order valence-electron chi connectivity index (χ4n) is 1.36. The molecule has 1 aromatic heterocycles. The number of nitrogens with two attached hydrogens (primary N) is 1. The molecule has 0 unspecified atom stereocenters. The molecule has 0 fully saturated rings. The summed E-state index contributed by atoms with van der Waals surface area (Å²) in [5, 5.41) is 0.0829. The van der Waals surface area contributed by atoms with Crippen molar-refractivity contribution in [2.24, 2.45) is 5.73 Å². The molecule has 0 radical (unpaired) electrons. The van der Waals surface area contributed by atoms with Crippen molar-refractivity contribution in [1.29, 1.82) is 0 Å². The van der Waals surface area contributed by atoms with Crippen LogP contribution in [-0.4, -0.2) is 56.0 Å². The number of sulfonamides is 1. The number of H-pyrrole nitrogens is 1. The minimum Gasteiger partial charge on any atom is -0.383 e. The van der Waals surface area contributed by atoms with E-state index < -0.39 is 10.0 Å². The van der Waals surface area contributed by atoms with Crippen LogP contribution >= 0.6 is 0 Å². The Morgan fingerprint density at radius 3 is 2.71 bits per heavy atom. The highest BCUT2D eigenvalue weighted by atomic mass is 32.2. The molecule has 1 rings (SSSR count). The van der Waals surface area contributed by atoms with Crippen molar-refractivity contribution < 1.29 is 13.2 Å². The molecule has 0 saturated carbocycles. The number of methoxy groups -OCH3 is 1. The van der Waals surface area contributed by atoms with Crippen molar-refractivity contribution in [2.45, 2.75) is 11.9 Å². The third kappa shape index (κ3) is 3.50. The van der Waals surface area contributed by atoms with E-state index >= 15 is 0 Å². The molecule has 0 atom stereocenters. The van der Waals surface area contributed by atoms with Gasteiger partial charge in [0.1, 0.15) is 5.82 Å². The molecule has 3 N–H and O–H groups in total. The molecule has 0 saturated heterocycles. The molecule has 1 heterocycles. The third-order valence-corrected chi connectivity index (χ3v) is 4.03. The number of aryl methyl sites for hydroxylation is 1. The average Bonchev–Trinajstić information content (AvgIpc) is 2.71. The van der Waals surface area contributed by atoms with Gasteiger partial charge in [0.15, 0.2) is 5.03 Å². The topological polar surface area (TPSA) is 101 Å². The Hall–Kier alpha value is -0.960. The highest BCUT2D eigenvalue weighted by molar-refractivity contribution is 7.89. The van der Waals surface area contributed by atoms with Gasteiger partial charge in [0.2, 0.25) is 0 Å². The van der Waals surface area contributed by atoms with Gasteiger partial charge in [-0.25, -0.2) is 13.4 Å². The monoisotopic (exact) mass is 262 g/mol. The molecule has 98 valence electrons. The van der Waals surface area contributed by atoms with Crippen LogP contribution in [0.5, 0.6) is 0 Å². The second-order valence-electron chi connectivity index (χ2n) is 3.52. The lowest BCUT2D eigenvalue weighted by molar-refractivity contribution is 0.179. The summed E-state index contributed by atoms with van der Waals surface area (Å²) in [6, 6.07) is 0. The molecule has 0 amide bonds. The lowest BCUT2D eigenvalue weighted by atomic mass is 10.6. The van der Waals surface area contributed by atoms with Gasteiger partial charge < -0.3 is 15.5 Å². The van der Waals surface area contributed by atoms with Crippen LogP contribution in [0.25, 0.3) is 0 Å². The van der Waals surface area contributed by atoms with Crippen molar-refractivity contribution in [1.82, 2.24) is 14.3 Å². The number of imidazole rings is 1. The summed E-state index contributed by atoms with van der Waals surface area (Å²) in [5.74, 6) is 0.558. The number of aromatic amines is 1. The SMILES string of the molecule is COCCN(CCN)S(=O)(=O)c1cnc(C)[nH]1. The highest BCUT2D eigenvalue weighted by Gasteiger charge is 2.25. The third-order valence-electron chi connectivity index (χ3n) is 2.22. The van der Waals surface area contributed by atoms with Crippen LogP contribution in [0.3, 0.4) is 0 Å². The van der Waals surface area contributed by atoms with Gasteiger partial charge in [-0.1, -0.05) is 0 Å².